The summed E-state index contributed by atoms with van der Waals surface area (Å²) in [5.74, 6) is -2.05. The van der Waals surface area contributed by atoms with E-state index in [1.165, 1.54) is 25.2 Å². The maximum atomic E-state index is 14.5. The van der Waals surface area contributed by atoms with Gasteiger partial charge in [-0.3, -0.25) is 9.00 Å². The molecule has 0 saturated carbocycles. The van der Waals surface area contributed by atoms with Gasteiger partial charge >= 0.3 is 6.18 Å². The summed E-state index contributed by atoms with van der Waals surface area (Å²) in [5, 5.41) is 2.76. The fourth-order valence-electron chi connectivity index (χ4n) is 4.64. The van der Waals surface area contributed by atoms with Gasteiger partial charge in [0, 0.05) is 62.4 Å². The summed E-state index contributed by atoms with van der Waals surface area (Å²) >= 11 is -2.66. The molecule has 1 heterocycles. The lowest BCUT2D eigenvalue weighted by Crippen LogP contribution is -2.47. The van der Waals surface area contributed by atoms with E-state index >= 15 is 0 Å². The van der Waals surface area contributed by atoms with E-state index < -0.39 is 40.6 Å². The fraction of sp³-hybridized carbons (Fsp3) is 0.321. The first kappa shape index (κ1) is 29.3. The Labute approximate surface area is 232 Å². The molecule has 1 fully saturated rings. The third kappa shape index (κ3) is 6.73. The molecule has 7 nitrogen and oxygen atoms in total. The fourth-order valence-corrected chi connectivity index (χ4v) is 4.95. The van der Waals surface area contributed by atoms with E-state index in [0.717, 1.165) is 28.2 Å². The van der Waals surface area contributed by atoms with Crippen molar-refractivity contribution in [2.75, 3.05) is 47.3 Å². The van der Waals surface area contributed by atoms with Crippen LogP contribution in [0.5, 0.6) is 0 Å². The molecule has 1 amide bonds. The molecule has 1 aliphatic rings. The highest BCUT2D eigenvalue weighted by Crippen LogP contribution is 2.34. The van der Waals surface area contributed by atoms with Gasteiger partial charge < -0.3 is 24.0 Å². The second-order valence-corrected chi connectivity index (χ2v) is 10.5. The van der Waals surface area contributed by atoms with Crippen molar-refractivity contribution >= 4 is 34.2 Å². The van der Waals surface area contributed by atoms with Gasteiger partial charge in [0.2, 0.25) is 5.91 Å². The molecule has 0 radical (unpaired) electrons. The van der Waals surface area contributed by atoms with E-state index in [4.69, 9.17) is 0 Å². The van der Waals surface area contributed by atoms with Gasteiger partial charge in [-0.2, -0.15) is 13.2 Å². The first-order chi connectivity index (χ1) is 19.0. The molecule has 214 valence electrons. The first-order valence-electron chi connectivity index (χ1n) is 12.6. The summed E-state index contributed by atoms with van der Waals surface area (Å²) in [6.45, 7) is 3.80. The maximum absolute atomic E-state index is 14.5. The van der Waals surface area contributed by atoms with E-state index in [-0.39, 0.29) is 12.2 Å². The Balaban J connectivity index is 1.48. The number of nitrogens with one attached hydrogen (secondary N) is 1. The minimum atomic E-state index is -4.51. The van der Waals surface area contributed by atoms with Gasteiger partial charge in [0.1, 0.15) is 5.82 Å². The van der Waals surface area contributed by atoms with Gasteiger partial charge in [-0.25, -0.2) is 4.39 Å². The topological polar surface area (TPSA) is 79.0 Å². The van der Waals surface area contributed by atoms with Crippen LogP contribution in [0, 0.1) is 5.82 Å². The van der Waals surface area contributed by atoms with Crippen molar-refractivity contribution in [3.05, 3.63) is 89.2 Å². The second kappa shape index (κ2) is 12.3. The predicted molar refractivity (Wildman–Crippen MR) is 146 cm³/mol. The Morgan fingerprint density at radius 3 is 2.27 bits per heavy atom. The number of benzene rings is 3. The van der Waals surface area contributed by atoms with Gasteiger partial charge in [-0.05, 0) is 54.4 Å². The maximum Gasteiger partial charge on any atom is 0.416 e. The van der Waals surface area contributed by atoms with E-state index in [1.54, 1.807) is 6.92 Å². The van der Waals surface area contributed by atoms with Gasteiger partial charge in [0.05, 0.1) is 17.2 Å². The minimum absolute atomic E-state index is 0.0198. The smallest absolute Gasteiger partial charge is 0.416 e. The lowest BCUT2D eigenvalue weighted by atomic mass is 9.99. The molecule has 3 aromatic carbocycles. The number of hydrogen-bond donors (Lipinski definition) is 1. The summed E-state index contributed by atoms with van der Waals surface area (Å²) in [5.41, 5.74) is 1.38. The number of carbonyl (C=O) groups is 1. The highest BCUT2D eigenvalue weighted by molar-refractivity contribution is 7.80. The summed E-state index contributed by atoms with van der Waals surface area (Å²) in [6.07, 6.45) is -4.51. The summed E-state index contributed by atoms with van der Waals surface area (Å²) in [6, 6.07) is 17.1. The minimum Gasteiger partial charge on any atom is -0.755 e. The van der Waals surface area contributed by atoms with Crippen LogP contribution in [0.25, 0.3) is 0 Å². The number of amides is 1. The molecule has 1 saturated heterocycles. The van der Waals surface area contributed by atoms with E-state index in [0.29, 0.717) is 43.0 Å². The number of para-hydroxylation sites is 1. The predicted octanol–water partition coefficient (Wildman–Crippen LogP) is 4.82. The van der Waals surface area contributed by atoms with Crippen molar-refractivity contribution < 1.29 is 31.1 Å². The van der Waals surface area contributed by atoms with Crippen LogP contribution in [0.1, 0.15) is 29.5 Å². The van der Waals surface area contributed by atoms with Crippen LogP contribution >= 0.6 is 0 Å². The van der Waals surface area contributed by atoms with Crippen molar-refractivity contribution in [1.82, 2.24) is 5.32 Å². The Morgan fingerprint density at radius 1 is 1.02 bits per heavy atom. The number of rotatable bonds is 8. The zero-order chi connectivity index (χ0) is 29.0. The lowest BCUT2D eigenvalue weighted by Gasteiger charge is -2.38. The lowest BCUT2D eigenvalue weighted by molar-refractivity contribution is -0.137. The Morgan fingerprint density at radius 2 is 1.68 bits per heavy atom. The molecule has 2 unspecified atom stereocenters. The Hall–Kier alpha value is -3.64. The molecule has 4 rings (SSSR count). The number of hydrogen-bond acceptors (Lipinski definition) is 5. The Kier molecular flexibility index (Phi) is 8.99. The zero-order valence-corrected chi connectivity index (χ0v) is 22.8. The van der Waals surface area contributed by atoms with Gasteiger partial charge in [0.15, 0.2) is 0 Å². The molecule has 2 atom stereocenters. The van der Waals surface area contributed by atoms with Crippen molar-refractivity contribution in [1.29, 1.82) is 0 Å². The van der Waals surface area contributed by atoms with Crippen LogP contribution in [-0.4, -0.2) is 47.9 Å². The van der Waals surface area contributed by atoms with Crippen molar-refractivity contribution in [3.8, 4) is 0 Å². The van der Waals surface area contributed by atoms with Crippen LogP contribution in [0.4, 0.5) is 34.6 Å². The molecular weight excluding hydrogens is 548 g/mol. The number of halogens is 4. The molecule has 1 aliphatic heterocycles. The molecule has 0 aliphatic carbocycles. The van der Waals surface area contributed by atoms with Gasteiger partial charge in [0.25, 0.3) is 0 Å². The van der Waals surface area contributed by atoms with Crippen molar-refractivity contribution in [3.63, 3.8) is 0 Å². The molecule has 1 N–H and O–H groups in total. The third-order valence-electron chi connectivity index (χ3n) is 7.04. The average molecular weight is 578 g/mol. The van der Waals surface area contributed by atoms with E-state index in [1.807, 2.05) is 35.2 Å². The summed E-state index contributed by atoms with van der Waals surface area (Å²) in [4.78, 5) is 17.0. The second-order valence-electron chi connectivity index (χ2n) is 9.52. The first-order valence-corrected chi connectivity index (χ1v) is 13.6. The monoisotopic (exact) mass is 577 g/mol. The van der Waals surface area contributed by atoms with Crippen LogP contribution in [-0.2, 0) is 28.8 Å². The van der Waals surface area contributed by atoms with Gasteiger partial charge in [-0.1, -0.05) is 30.3 Å². The third-order valence-corrected chi connectivity index (χ3v) is 7.68. The number of nitrogens with zero attached hydrogens (tertiary/aromatic N) is 3. The van der Waals surface area contributed by atoms with Crippen molar-refractivity contribution in [2.45, 2.75) is 25.6 Å². The number of anilines is 3. The average Bonchev–Trinajstić information content (AvgIpc) is 2.95. The molecule has 0 aromatic heterocycles. The molecular formula is C28H29F4N4O3S-. The molecule has 40 heavy (non-hydrogen) atoms. The van der Waals surface area contributed by atoms with Crippen LogP contribution in [0.15, 0.2) is 66.7 Å². The highest BCUT2D eigenvalue weighted by atomic mass is 32.2. The highest BCUT2D eigenvalue weighted by Gasteiger charge is 2.32. The molecule has 12 heteroatoms. The molecule has 0 bridgehead atoms. The van der Waals surface area contributed by atoms with Crippen LogP contribution in [0.2, 0.25) is 0 Å². The normalized spacial score (nSPS) is 15.5. The largest absolute Gasteiger partial charge is 0.755 e. The standard InChI is InChI=1S/C28H30F4N4O3S/c1-19(20-9-11-25(24(29)16-20)34(2)40(38)39)27(37)33-18-21-8-10-22(28(30,31)32)17-26(21)36-14-12-35(13-15-36)23-6-4-3-5-7-23/h3-11,16-17,19H,12-15,18H2,1-2H3,(H,33,37)(H,38,39)/p-1. The number of carbonyl (C=O) groups excluding carboxylic acids is 1. The Bertz CT molecular complexity index is 1370. The van der Waals surface area contributed by atoms with E-state index in [2.05, 4.69) is 10.2 Å². The van der Waals surface area contributed by atoms with Crippen molar-refractivity contribution in [2.24, 2.45) is 0 Å². The number of piperazine rings is 1. The van der Waals surface area contributed by atoms with Crippen LogP contribution in [0.3, 0.4) is 0 Å². The molecule has 3 aromatic rings. The zero-order valence-electron chi connectivity index (χ0n) is 22.0. The summed E-state index contributed by atoms with van der Waals surface area (Å²) < 4.78 is 78.1. The molecule has 0 spiro atoms. The summed E-state index contributed by atoms with van der Waals surface area (Å²) in [7, 11) is 1.19. The van der Waals surface area contributed by atoms with E-state index in [9.17, 15) is 31.1 Å². The SMILES string of the molecule is CC(C(=O)NCc1ccc(C(F)(F)F)cc1N1CCN(c2ccccc2)CC1)c1ccc(N(C)S(=O)[O-])c(F)c1. The van der Waals surface area contributed by atoms with Gasteiger partial charge in [-0.15, -0.1) is 0 Å². The number of alkyl halides is 3. The quantitative estimate of drug-likeness (QED) is 0.307. The van der Waals surface area contributed by atoms with Crippen LogP contribution < -0.4 is 19.4 Å².